The number of anilines is 2. The predicted molar refractivity (Wildman–Crippen MR) is 113 cm³/mol. The van der Waals surface area contributed by atoms with E-state index in [1.165, 1.54) is 0 Å². The van der Waals surface area contributed by atoms with Crippen LogP contribution in [-0.2, 0) is 4.74 Å². The number of nitrogens with one attached hydrogen (secondary N) is 1. The molecule has 0 aliphatic carbocycles. The fourth-order valence-electron chi connectivity index (χ4n) is 3.13. The summed E-state index contributed by atoms with van der Waals surface area (Å²) in [6, 6.07) is 20.0. The van der Waals surface area contributed by atoms with Gasteiger partial charge < -0.3 is 10.1 Å². The summed E-state index contributed by atoms with van der Waals surface area (Å²) >= 11 is 3.51. The number of hydrogen-bond donors (Lipinski definition) is 1. The molecule has 0 aliphatic heterocycles. The Bertz CT molecular complexity index is 1150. The first-order chi connectivity index (χ1) is 13.2. The maximum absolute atomic E-state index is 12.5. The molecule has 1 heterocycles. The first-order valence-electron chi connectivity index (χ1n) is 8.67. The van der Waals surface area contributed by atoms with Gasteiger partial charge in [0.2, 0.25) is 0 Å². The molecule has 0 unspecified atom stereocenters. The van der Waals surface area contributed by atoms with E-state index in [1.54, 1.807) is 13.1 Å². The molecule has 0 spiro atoms. The molecule has 5 heteroatoms. The molecule has 134 valence electrons. The third kappa shape index (κ3) is 3.38. The second-order valence-corrected chi connectivity index (χ2v) is 7.00. The van der Waals surface area contributed by atoms with Gasteiger partial charge in [-0.2, -0.15) is 0 Å². The number of fused-ring (bicyclic) bond motifs is 2. The van der Waals surface area contributed by atoms with Gasteiger partial charge in [-0.25, -0.2) is 4.79 Å². The SMILES string of the molecule is CCOC(=O)c1cnc2ccc(Br)cc2c1Nc1cccc2ccccc12. The minimum atomic E-state index is -0.394. The zero-order valence-corrected chi connectivity index (χ0v) is 16.3. The molecule has 4 rings (SSSR count). The highest BCUT2D eigenvalue weighted by atomic mass is 79.9. The number of aromatic nitrogens is 1. The number of rotatable bonds is 4. The lowest BCUT2D eigenvalue weighted by Crippen LogP contribution is -2.09. The Kier molecular flexibility index (Phi) is 4.77. The molecule has 1 aromatic heterocycles. The maximum Gasteiger partial charge on any atom is 0.341 e. The average Bonchev–Trinajstić information content (AvgIpc) is 2.69. The van der Waals surface area contributed by atoms with Crippen molar-refractivity contribution in [2.45, 2.75) is 6.92 Å². The molecule has 0 amide bonds. The van der Waals surface area contributed by atoms with Crippen LogP contribution in [0.1, 0.15) is 17.3 Å². The summed E-state index contributed by atoms with van der Waals surface area (Å²) in [5.74, 6) is -0.394. The topological polar surface area (TPSA) is 51.2 Å². The molecule has 0 fully saturated rings. The van der Waals surface area contributed by atoms with Crippen LogP contribution >= 0.6 is 15.9 Å². The number of carbonyl (C=O) groups excluding carboxylic acids is 1. The molecule has 0 aliphatic rings. The van der Waals surface area contributed by atoms with Gasteiger partial charge in [0.25, 0.3) is 0 Å². The Morgan fingerprint density at radius 2 is 1.89 bits per heavy atom. The molecule has 4 aromatic rings. The monoisotopic (exact) mass is 420 g/mol. The highest BCUT2D eigenvalue weighted by Crippen LogP contribution is 2.34. The van der Waals surface area contributed by atoms with E-state index in [2.05, 4.69) is 44.4 Å². The van der Waals surface area contributed by atoms with Crippen LogP contribution in [-0.4, -0.2) is 17.6 Å². The molecule has 0 radical (unpaired) electrons. The smallest absolute Gasteiger partial charge is 0.341 e. The van der Waals surface area contributed by atoms with E-state index in [0.717, 1.165) is 31.8 Å². The summed E-state index contributed by atoms with van der Waals surface area (Å²) in [7, 11) is 0. The largest absolute Gasteiger partial charge is 0.462 e. The molecule has 0 saturated heterocycles. The maximum atomic E-state index is 12.5. The van der Waals surface area contributed by atoms with Gasteiger partial charge >= 0.3 is 5.97 Å². The molecule has 27 heavy (non-hydrogen) atoms. The Morgan fingerprint density at radius 3 is 2.74 bits per heavy atom. The summed E-state index contributed by atoms with van der Waals surface area (Å²) in [4.78, 5) is 17.0. The van der Waals surface area contributed by atoms with Gasteiger partial charge in [0.1, 0.15) is 5.56 Å². The van der Waals surface area contributed by atoms with E-state index >= 15 is 0 Å². The van der Waals surface area contributed by atoms with E-state index in [9.17, 15) is 4.79 Å². The molecule has 3 aromatic carbocycles. The minimum absolute atomic E-state index is 0.309. The van der Waals surface area contributed by atoms with Gasteiger partial charge in [-0.1, -0.05) is 52.3 Å². The van der Waals surface area contributed by atoms with Crippen LogP contribution in [0.3, 0.4) is 0 Å². The Labute approximate surface area is 165 Å². The van der Waals surface area contributed by atoms with Gasteiger partial charge in [0.05, 0.1) is 17.8 Å². The van der Waals surface area contributed by atoms with Crippen LogP contribution in [0, 0.1) is 0 Å². The minimum Gasteiger partial charge on any atom is -0.462 e. The van der Waals surface area contributed by atoms with Crippen LogP contribution in [0.15, 0.2) is 71.3 Å². The molecule has 0 bridgehead atoms. The van der Waals surface area contributed by atoms with Crippen molar-refractivity contribution >= 4 is 54.9 Å². The standard InChI is InChI=1S/C22H17BrN2O2/c1-2-27-22(26)18-13-24-19-11-10-15(23)12-17(19)21(18)25-20-9-5-7-14-6-3-4-8-16(14)20/h3-13H,2H2,1H3,(H,24,25). The van der Waals surface area contributed by atoms with Crippen LogP contribution < -0.4 is 5.32 Å². The molecule has 0 saturated carbocycles. The van der Waals surface area contributed by atoms with E-state index in [1.807, 2.05) is 42.5 Å². The quantitative estimate of drug-likeness (QED) is 0.407. The Morgan fingerprint density at radius 1 is 1.07 bits per heavy atom. The van der Waals surface area contributed by atoms with Crippen molar-refractivity contribution in [2.24, 2.45) is 0 Å². The van der Waals surface area contributed by atoms with Crippen LogP contribution in [0.2, 0.25) is 0 Å². The molecule has 4 nitrogen and oxygen atoms in total. The fourth-order valence-corrected chi connectivity index (χ4v) is 3.49. The van der Waals surface area contributed by atoms with E-state index in [-0.39, 0.29) is 0 Å². The highest BCUT2D eigenvalue weighted by molar-refractivity contribution is 9.10. The number of halogens is 1. The van der Waals surface area contributed by atoms with Crippen molar-refractivity contribution in [3.63, 3.8) is 0 Å². The van der Waals surface area contributed by atoms with Crippen LogP contribution in [0.25, 0.3) is 21.7 Å². The number of carbonyl (C=O) groups is 1. The van der Waals surface area contributed by atoms with E-state index < -0.39 is 5.97 Å². The first kappa shape index (κ1) is 17.5. The first-order valence-corrected chi connectivity index (χ1v) is 9.47. The van der Waals surface area contributed by atoms with Gasteiger partial charge in [-0.05, 0) is 36.6 Å². The molecular formula is C22H17BrN2O2. The van der Waals surface area contributed by atoms with Crippen molar-refractivity contribution in [1.82, 2.24) is 4.98 Å². The highest BCUT2D eigenvalue weighted by Gasteiger charge is 2.18. The van der Waals surface area contributed by atoms with Crippen molar-refractivity contribution in [3.05, 3.63) is 76.9 Å². The average molecular weight is 421 g/mol. The van der Waals surface area contributed by atoms with Crippen molar-refractivity contribution in [2.75, 3.05) is 11.9 Å². The normalized spacial score (nSPS) is 10.9. The molecule has 1 N–H and O–H groups in total. The summed E-state index contributed by atoms with van der Waals surface area (Å²) in [6.45, 7) is 2.10. The third-order valence-corrected chi connectivity index (χ3v) is 4.87. The summed E-state index contributed by atoms with van der Waals surface area (Å²) in [5.41, 5.74) is 2.83. The zero-order valence-electron chi connectivity index (χ0n) is 14.7. The zero-order chi connectivity index (χ0) is 18.8. The summed E-state index contributed by atoms with van der Waals surface area (Å²) in [6.07, 6.45) is 1.57. The fraction of sp³-hybridized carbons (Fsp3) is 0.0909. The molecule has 0 atom stereocenters. The second-order valence-electron chi connectivity index (χ2n) is 6.08. The number of nitrogens with zero attached hydrogens (tertiary/aromatic N) is 1. The lowest BCUT2D eigenvalue weighted by Gasteiger charge is -2.16. The van der Waals surface area contributed by atoms with Gasteiger partial charge in [-0.15, -0.1) is 0 Å². The van der Waals surface area contributed by atoms with Gasteiger partial charge in [-0.3, -0.25) is 4.98 Å². The lowest BCUT2D eigenvalue weighted by molar-refractivity contribution is 0.0527. The second kappa shape index (κ2) is 7.37. The Balaban J connectivity index is 1.93. The van der Waals surface area contributed by atoms with E-state index in [0.29, 0.717) is 17.9 Å². The summed E-state index contributed by atoms with van der Waals surface area (Å²) in [5, 5.41) is 6.52. The number of ether oxygens (including phenoxy) is 1. The van der Waals surface area contributed by atoms with Crippen LogP contribution in [0.4, 0.5) is 11.4 Å². The van der Waals surface area contributed by atoms with Crippen LogP contribution in [0.5, 0.6) is 0 Å². The predicted octanol–water partition coefficient (Wildman–Crippen LogP) is 6.07. The number of benzene rings is 3. The lowest BCUT2D eigenvalue weighted by atomic mass is 10.1. The Hall–Kier alpha value is -2.92. The third-order valence-electron chi connectivity index (χ3n) is 4.37. The molecular weight excluding hydrogens is 404 g/mol. The van der Waals surface area contributed by atoms with Crippen molar-refractivity contribution < 1.29 is 9.53 Å². The summed E-state index contributed by atoms with van der Waals surface area (Å²) < 4.78 is 6.16. The van der Waals surface area contributed by atoms with Crippen molar-refractivity contribution in [1.29, 1.82) is 0 Å². The van der Waals surface area contributed by atoms with Gasteiger partial charge in [0.15, 0.2) is 0 Å². The number of esters is 1. The number of pyridine rings is 1. The number of hydrogen-bond acceptors (Lipinski definition) is 4. The van der Waals surface area contributed by atoms with Crippen molar-refractivity contribution in [3.8, 4) is 0 Å². The van der Waals surface area contributed by atoms with E-state index in [4.69, 9.17) is 4.74 Å². The van der Waals surface area contributed by atoms with Gasteiger partial charge in [0, 0.05) is 27.1 Å².